The molecule has 0 saturated carbocycles. The molecule has 8 heteroatoms. The molecular weight excluding hydrogens is 290 g/mol. The van der Waals surface area contributed by atoms with Crippen molar-refractivity contribution < 1.29 is 14.3 Å². The van der Waals surface area contributed by atoms with E-state index in [1.807, 2.05) is 0 Å². The van der Waals surface area contributed by atoms with Gasteiger partial charge in [-0.15, -0.1) is 5.10 Å². The quantitative estimate of drug-likeness (QED) is 0.879. The molecule has 1 amide bonds. The van der Waals surface area contributed by atoms with Gasteiger partial charge >= 0.3 is 5.97 Å². The molecule has 0 saturated heterocycles. The molecule has 6 nitrogen and oxygen atoms in total. The molecule has 0 bridgehead atoms. The van der Waals surface area contributed by atoms with Crippen LogP contribution in [0.1, 0.15) is 20.8 Å². The number of amides is 1. The summed E-state index contributed by atoms with van der Waals surface area (Å²) in [6.07, 6.45) is 0. The lowest BCUT2D eigenvalue weighted by Crippen LogP contribution is -2.14. The van der Waals surface area contributed by atoms with E-state index >= 15 is 0 Å². The predicted octanol–water partition coefficient (Wildman–Crippen LogP) is 2.23. The fourth-order valence-electron chi connectivity index (χ4n) is 1.32. The summed E-state index contributed by atoms with van der Waals surface area (Å²) >= 11 is 6.79. The highest BCUT2D eigenvalue weighted by molar-refractivity contribution is 7.10. The molecule has 1 aromatic carbocycles. The summed E-state index contributed by atoms with van der Waals surface area (Å²) in [7, 11) is 1.22. The minimum Gasteiger partial charge on any atom is -0.464 e. The van der Waals surface area contributed by atoms with E-state index in [9.17, 15) is 9.59 Å². The fourth-order valence-corrected chi connectivity index (χ4v) is 2.09. The first-order valence-corrected chi connectivity index (χ1v) is 6.25. The third-order valence-electron chi connectivity index (χ3n) is 2.21. The molecule has 98 valence electrons. The van der Waals surface area contributed by atoms with Crippen molar-refractivity contribution in [2.75, 3.05) is 12.4 Å². The zero-order valence-corrected chi connectivity index (χ0v) is 11.3. The van der Waals surface area contributed by atoms with E-state index in [4.69, 9.17) is 11.6 Å². The van der Waals surface area contributed by atoms with Gasteiger partial charge in [-0.05, 0) is 12.1 Å². The van der Waals surface area contributed by atoms with Crippen LogP contribution in [-0.2, 0) is 4.74 Å². The number of carbonyl (C=O) groups excluding carboxylic acids is 2. The number of rotatable bonds is 3. The lowest BCUT2D eigenvalue weighted by atomic mass is 10.2. The number of hydrogen-bond acceptors (Lipinski definition) is 6. The Hall–Kier alpha value is -1.99. The van der Waals surface area contributed by atoms with E-state index in [0.29, 0.717) is 10.6 Å². The molecule has 2 aromatic rings. The van der Waals surface area contributed by atoms with Crippen LogP contribution in [0.5, 0.6) is 0 Å². The topological polar surface area (TPSA) is 81.2 Å². The highest BCUT2D eigenvalue weighted by atomic mass is 35.5. The van der Waals surface area contributed by atoms with Crippen molar-refractivity contribution in [3.8, 4) is 0 Å². The number of carbonyl (C=O) groups is 2. The van der Waals surface area contributed by atoms with Crippen LogP contribution in [0.3, 0.4) is 0 Å². The van der Waals surface area contributed by atoms with Crippen LogP contribution in [0.15, 0.2) is 24.3 Å². The molecule has 1 aromatic heterocycles. The molecule has 1 N–H and O–H groups in total. The molecule has 0 spiro atoms. The Morgan fingerprint density at radius 1 is 1.37 bits per heavy atom. The number of aromatic nitrogens is 2. The van der Waals surface area contributed by atoms with Crippen molar-refractivity contribution in [2.24, 2.45) is 0 Å². The Morgan fingerprint density at radius 2 is 2.11 bits per heavy atom. The minimum atomic E-state index is -0.664. The van der Waals surface area contributed by atoms with Gasteiger partial charge in [-0.2, -0.15) is 0 Å². The number of ether oxygens (including phenoxy) is 1. The first-order chi connectivity index (χ1) is 9.13. The van der Waals surface area contributed by atoms with E-state index in [0.717, 1.165) is 11.5 Å². The number of nitrogens with one attached hydrogen (secondary N) is 1. The maximum Gasteiger partial charge on any atom is 0.361 e. The summed E-state index contributed by atoms with van der Waals surface area (Å²) in [6, 6.07) is 6.58. The summed E-state index contributed by atoms with van der Waals surface area (Å²) in [5.74, 6) is -1.11. The summed E-state index contributed by atoms with van der Waals surface area (Å²) in [5, 5.41) is 6.67. The summed E-state index contributed by atoms with van der Waals surface area (Å²) < 4.78 is 8.14. The van der Waals surface area contributed by atoms with Crippen molar-refractivity contribution in [3.63, 3.8) is 0 Å². The zero-order chi connectivity index (χ0) is 13.8. The second-order valence-corrected chi connectivity index (χ2v) is 4.54. The lowest BCUT2D eigenvalue weighted by Gasteiger charge is -2.04. The molecule has 0 radical (unpaired) electrons. The molecule has 0 atom stereocenters. The Bertz CT molecular complexity index is 629. The molecule has 0 aliphatic carbocycles. The van der Waals surface area contributed by atoms with Crippen LogP contribution in [0.25, 0.3) is 0 Å². The smallest absolute Gasteiger partial charge is 0.361 e. The number of esters is 1. The maximum absolute atomic E-state index is 12.0. The van der Waals surface area contributed by atoms with E-state index in [2.05, 4.69) is 19.6 Å². The van der Waals surface area contributed by atoms with E-state index in [-0.39, 0.29) is 10.7 Å². The van der Waals surface area contributed by atoms with Crippen LogP contribution in [0.4, 0.5) is 5.00 Å². The van der Waals surface area contributed by atoms with E-state index in [1.54, 1.807) is 24.3 Å². The number of nitrogens with zero attached hydrogens (tertiary/aromatic N) is 2. The number of methoxy groups -OCH3 is 1. The molecule has 0 aliphatic heterocycles. The molecule has 19 heavy (non-hydrogen) atoms. The van der Waals surface area contributed by atoms with Crippen molar-refractivity contribution in [1.29, 1.82) is 0 Å². The third kappa shape index (κ3) is 2.88. The summed E-state index contributed by atoms with van der Waals surface area (Å²) in [6.45, 7) is 0. The molecular formula is C11H8ClN3O3S. The summed E-state index contributed by atoms with van der Waals surface area (Å²) in [5.41, 5.74) is 0.265. The fraction of sp³-hybridized carbons (Fsp3) is 0.0909. The zero-order valence-electron chi connectivity index (χ0n) is 9.71. The Morgan fingerprint density at radius 3 is 2.79 bits per heavy atom. The molecule has 0 fully saturated rings. The number of hydrogen-bond donors (Lipinski definition) is 1. The van der Waals surface area contributed by atoms with Crippen molar-refractivity contribution in [3.05, 3.63) is 40.5 Å². The van der Waals surface area contributed by atoms with Gasteiger partial charge in [0, 0.05) is 11.5 Å². The predicted molar refractivity (Wildman–Crippen MR) is 70.7 cm³/mol. The van der Waals surface area contributed by atoms with Gasteiger partial charge in [0.15, 0.2) is 5.00 Å². The van der Waals surface area contributed by atoms with Crippen LogP contribution >= 0.6 is 23.1 Å². The SMILES string of the molecule is COC(=O)c1nnsc1NC(=O)c1ccccc1Cl. The number of halogens is 1. The molecule has 0 aliphatic rings. The van der Waals surface area contributed by atoms with E-state index in [1.165, 1.54) is 7.11 Å². The Kier molecular flexibility index (Phi) is 4.08. The number of benzene rings is 1. The molecule has 1 heterocycles. The van der Waals surface area contributed by atoms with E-state index < -0.39 is 11.9 Å². The monoisotopic (exact) mass is 297 g/mol. The van der Waals surface area contributed by atoms with Gasteiger partial charge in [0.1, 0.15) is 0 Å². The Balaban J connectivity index is 2.23. The maximum atomic E-state index is 12.0. The Labute approximate surface area is 117 Å². The average molecular weight is 298 g/mol. The van der Waals surface area contributed by atoms with Crippen LogP contribution in [0.2, 0.25) is 5.02 Å². The van der Waals surface area contributed by atoms with Gasteiger partial charge in [-0.1, -0.05) is 28.2 Å². The minimum absolute atomic E-state index is 0.0343. The van der Waals surface area contributed by atoms with Crippen molar-refractivity contribution in [2.45, 2.75) is 0 Å². The standard InChI is InChI=1S/C11H8ClN3O3S/c1-18-11(17)8-10(19-15-14-8)13-9(16)6-4-2-3-5-7(6)12/h2-5H,1H3,(H,13,16). The molecule has 0 unspecified atom stereocenters. The summed E-state index contributed by atoms with van der Waals surface area (Å²) in [4.78, 5) is 23.4. The van der Waals surface area contributed by atoms with Crippen LogP contribution in [-0.4, -0.2) is 28.6 Å². The lowest BCUT2D eigenvalue weighted by molar-refractivity contribution is 0.0595. The van der Waals surface area contributed by atoms with Gasteiger partial charge in [0.05, 0.1) is 17.7 Å². The first kappa shape index (κ1) is 13.4. The normalized spacial score (nSPS) is 10.0. The number of anilines is 1. The van der Waals surface area contributed by atoms with Gasteiger partial charge in [0.25, 0.3) is 5.91 Å². The highest BCUT2D eigenvalue weighted by Crippen LogP contribution is 2.21. The molecule has 2 rings (SSSR count). The third-order valence-corrected chi connectivity index (χ3v) is 3.18. The second-order valence-electron chi connectivity index (χ2n) is 3.38. The van der Waals surface area contributed by atoms with Crippen LogP contribution in [0, 0.1) is 0 Å². The van der Waals surface area contributed by atoms with Crippen molar-refractivity contribution in [1.82, 2.24) is 9.59 Å². The van der Waals surface area contributed by atoms with Gasteiger partial charge in [-0.25, -0.2) is 4.79 Å². The average Bonchev–Trinajstić information content (AvgIpc) is 2.86. The largest absolute Gasteiger partial charge is 0.464 e. The van der Waals surface area contributed by atoms with Crippen molar-refractivity contribution >= 4 is 40.0 Å². The van der Waals surface area contributed by atoms with Gasteiger partial charge in [-0.3, -0.25) is 4.79 Å². The second kappa shape index (κ2) is 5.77. The van der Waals surface area contributed by atoms with Gasteiger partial charge in [0.2, 0.25) is 5.69 Å². The van der Waals surface area contributed by atoms with Gasteiger partial charge < -0.3 is 10.1 Å². The first-order valence-electron chi connectivity index (χ1n) is 5.10. The van der Waals surface area contributed by atoms with Crippen LogP contribution < -0.4 is 5.32 Å². The highest BCUT2D eigenvalue weighted by Gasteiger charge is 2.20.